The van der Waals surface area contributed by atoms with Crippen LogP contribution in [0.15, 0.2) is 30.9 Å². The number of anilines is 1. The SMILES string of the molecule is Cc1cc(N2C[C@H]3C[C@@H](n4cncn4)[C@H](O)C[C@H]3C2)nc2cc3c(cc12)CCC3. The zero-order chi connectivity index (χ0) is 19.5. The van der Waals surface area contributed by atoms with Crippen molar-refractivity contribution in [3.05, 3.63) is 47.5 Å². The highest BCUT2D eigenvalue weighted by atomic mass is 16.3. The number of benzene rings is 1. The minimum atomic E-state index is -0.355. The van der Waals surface area contributed by atoms with Gasteiger partial charge < -0.3 is 10.0 Å². The third-order valence-electron chi connectivity index (χ3n) is 7.43. The van der Waals surface area contributed by atoms with E-state index in [1.807, 2.05) is 4.68 Å². The summed E-state index contributed by atoms with van der Waals surface area (Å²) in [6.07, 6.45) is 8.36. The number of rotatable bonds is 2. The lowest BCUT2D eigenvalue weighted by molar-refractivity contribution is 0.0305. The molecule has 29 heavy (non-hydrogen) atoms. The lowest BCUT2D eigenvalue weighted by Gasteiger charge is -2.34. The molecule has 0 radical (unpaired) electrons. The predicted molar refractivity (Wildman–Crippen MR) is 112 cm³/mol. The van der Waals surface area contributed by atoms with E-state index in [0.29, 0.717) is 11.8 Å². The lowest BCUT2D eigenvalue weighted by atomic mass is 9.77. The van der Waals surface area contributed by atoms with E-state index in [-0.39, 0.29) is 12.1 Å². The molecule has 3 heterocycles. The highest BCUT2D eigenvalue weighted by molar-refractivity contribution is 5.85. The Hall–Kier alpha value is -2.47. The van der Waals surface area contributed by atoms with Crippen molar-refractivity contribution in [2.45, 2.75) is 51.2 Å². The van der Waals surface area contributed by atoms with E-state index < -0.39 is 0 Å². The molecule has 0 unspecified atom stereocenters. The van der Waals surface area contributed by atoms with Crippen LogP contribution < -0.4 is 4.90 Å². The lowest BCUT2D eigenvalue weighted by Crippen LogP contribution is -2.36. The fourth-order valence-electron chi connectivity index (χ4n) is 5.88. The Morgan fingerprint density at radius 1 is 1.03 bits per heavy atom. The van der Waals surface area contributed by atoms with Gasteiger partial charge in [-0.2, -0.15) is 5.10 Å². The average Bonchev–Trinajstić information content (AvgIpc) is 3.45. The largest absolute Gasteiger partial charge is 0.391 e. The molecule has 6 nitrogen and oxygen atoms in total. The fourth-order valence-corrected chi connectivity index (χ4v) is 5.88. The predicted octanol–water partition coefficient (Wildman–Crippen LogP) is 3.07. The Kier molecular flexibility index (Phi) is 3.91. The first-order valence-corrected chi connectivity index (χ1v) is 10.9. The Balaban J connectivity index is 1.29. The van der Waals surface area contributed by atoms with Crippen molar-refractivity contribution < 1.29 is 5.11 Å². The highest BCUT2D eigenvalue weighted by Crippen LogP contribution is 2.42. The molecule has 2 aliphatic carbocycles. The number of fused-ring (bicyclic) bond motifs is 3. The molecule has 1 saturated heterocycles. The van der Waals surface area contributed by atoms with Crippen LogP contribution in [0.4, 0.5) is 5.82 Å². The molecular weight excluding hydrogens is 362 g/mol. The summed E-state index contributed by atoms with van der Waals surface area (Å²) in [6, 6.07) is 6.98. The van der Waals surface area contributed by atoms with Crippen LogP contribution >= 0.6 is 0 Å². The highest BCUT2D eigenvalue weighted by Gasteiger charge is 2.43. The fraction of sp³-hybridized carbons (Fsp3) is 0.522. The Morgan fingerprint density at radius 3 is 2.62 bits per heavy atom. The topological polar surface area (TPSA) is 67.1 Å². The number of aliphatic hydroxyl groups is 1. The zero-order valence-electron chi connectivity index (χ0n) is 16.8. The van der Waals surface area contributed by atoms with Gasteiger partial charge in [-0.1, -0.05) is 0 Å². The van der Waals surface area contributed by atoms with Gasteiger partial charge in [-0.05, 0) is 85.8 Å². The number of hydrogen-bond donors (Lipinski definition) is 1. The van der Waals surface area contributed by atoms with Crippen LogP contribution in [-0.2, 0) is 12.8 Å². The van der Waals surface area contributed by atoms with Gasteiger partial charge in [0.25, 0.3) is 0 Å². The monoisotopic (exact) mass is 389 g/mol. The summed E-state index contributed by atoms with van der Waals surface area (Å²) in [6.45, 7) is 4.20. The van der Waals surface area contributed by atoms with Crippen molar-refractivity contribution in [3.63, 3.8) is 0 Å². The summed E-state index contributed by atoms with van der Waals surface area (Å²) in [5.41, 5.74) is 5.44. The number of hydrogen-bond acceptors (Lipinski definition) is 5. The van der Waals surface area contributed by atoms with E-state index in [2.05, 4.69) is 40.1 Å². The van der Waals surface area contributed by atoms with Crippen molar-refractivity contribution >= 4 is 16.7 Å². The third-order valence-corrected chi connectivity index (χ3v) is 7.43. The first-order chi connectivity index (χ1) is 14.2. The van der Waals surface area contributed by atoms with Gasteiger partial charge in [0.15, 0.2) is 0 Å². The maximum atomic E-state index is 10.7. The third kappa shape index (κ3) is 2.84. The van der Waals surface area contributed by atoms with Crippen LogP contribution in [0.5, 0.6) is 0 Å². The van der Waals surface area contributed by atoms with E-state index in [0.717, 1.165) is 37.3 Å². The van der Waals surface area contributed by atoms with Gasteiger partial charge in [0.1, 0.15) is 18.5 Å². The second-order valence-electron chi connectivity index (χ2n) is 9.20. The summed E-state index contributed by atoms with van der Waals surface area (Å²) < 4.78 is 1.84. The molecule has 1 aromatic carbocycles. The molecule has 1 N–H and O–H groups in total. The van der Waals surface area contributed by atoms with Crippen LogP contribution in [0.2, 0.25) is 0 Å². The van der Waals surface area contributed by atoms with Crippen LogP contribution in [0.25, 0.3) is 10.9 Å². The molecule has 1 aliphatic heterocycles. The number of aliphatic hydroxyl groups excluding tert-OH is 1. The van der Waals surface area contributed by atoms with Gasteiger partial charge in [0.2, 0.25) is 0 Å². The maximum Gasteiger partial charge on any atom is 0.137 e. The van der Waals surface area contributed by atoms with Gasteiger partial charge in [-0.15, -0.1) is 0 Å². The normalized spacial score (nSPS) is 28.7. The average molecular weight is 390 g/mol. The summed E-state index contributed by atoms with van der Waals surface area (Å²) in [7, 11) is 0. The molecule has 0 spiro atoms. The van der Waals surface area contributed by atoms with Gasteiger partial charge in [-0.25, -0.2) is 14.6 Å². The van der Waals surface area contributed by atoms with E-state index in [1.165, 1.54) is 41.3 Å². The summed E-state index contributed by atoms with van der Waals surface area (Å²) in [4.78, 5) is 11.6. The summed E-state index contributed by atoms with van der Waals surface area (Å²) in [5.74, 6) is 2.17. The van der Waals surface area contributed by atoms with E-state index in [1.54, 1.807) is 12.7 Å². The zero-order valence-corrected chi connectivity index (χ0v) is 16.8. The van der Waals surface area contributed by atoms with Crippen molar-refractivity contribution in [1.82, 2.24) is 19.7 Å². The van der Waals surface area contributed by atoms with Gasteiger partial charge in [0, 0.05) is 18.5 Å². The van der Waals surface area contributed by atoms with Gasteiger partial charge >= 0.3 is 0 Å². The molecule has 2 fully saturated rings. The van der Waals surface area contributed by atoms with Crippen molar-refractivity contribution in [3.8, 4) is 0 Å². The van der Waals surface area contributed by atoms with Crippen LogP contribution in [-0.4, -0.2) is 44.0 Å². The summed E-state index contributed by atoms with van der Waals surface area (Å²) >= 11 is 0. The molecule has 3 aliphatic rings. The molecule has 3 aromatic rings. The molecular formula is C23H27N5O. The molecule has 6 heteroatoms. The molecule has 150 valence electrons. The van der Waals surface area contributed by atoms with Crippen LogP contribution in [0, 0.1) is 18.8 Å². The number of aryl methyl sites for hydroxylation is 3. The van der Waals surface area contributed by atoms with Crippen molar-refractivity contribution in [1.29, 1.82) is 0 Å². The maximum absolute atomic E-state index is 10.7. The minimum Gasteiger partial charge on any atom is -0.391 e. The van der Waals surface area contributed by atoms with Gasteiger partial charge in [-0.3, -0.25) is 0 Å². The molecule has 4 atom stereocenters. The van der Waals surface area contributed by atoms with Crippen LogP contribution in [0.3, 0.4) is 0 Å². The van der Waals surface area contributed by atoms with Crippen molar-refractivity contribution in [2.24, 2.45) is 11.8 Å². The first-order valence-electron chi connectivity index (χ1n) is 10.9. The standard InChI is InChI=1S/C23H27N5O/c1-14-5-23(26-20-7-16-4-2-3-15(16)6-19(14)20)27-10-17-8-21(28-13-24-12-25-28)22(29)9-18(17)11-27/h5-7,12-13,17-18,21-22,29H,2-4,8-11H2,1H3/t17-,18+,21-,22-/m1/s1. The molecule has 2 aromatic heterocycles. The number of aromatic nitrogens is 4. The van der Waals surface area contributed by atoms with Crippen molar-refractivity contribution in [2.75, 3.05) is 18.0 Å². The molecule has 6 rings (SSSR count). The Morgan fingerprint density at radius 2 is 1.83 bits per heavy atom. The second-order valence-corrected chi connectivity index (χ2v) is 9.20. The second kappa shape index (κ2) is 6.52. The minimum absolute atomic E-state index is 0.0348. The molecule has 0 amide bonds. The molecule has 1 saturated carbocycles. The van der Waals surface area contributed by atoms with E-state index in [4.69, 9.17) is 4.98 Å². The number of nitrogens with zero attached hydrogens (tertiary/aromatic N) is 5. The quantitative estimate of drug-likeness (QED) is 0.730. The van der Waals surface area contributed by atoms with E-state index >= 15 is 0 Å². The Bertz CT molecular complexity index is 1060. The van der Waals surface area contributed by atoms with Crippen LogP contribution in [0.1, 0.15) is 42.0 Å². The summed E-state index contributed by atoms with van der Waals surface area (Å²) in [5, 5.41) is 16.3. The Labute approximate surface area is 170 Å². The van der Waals surface area contributed by atoms with E-state index in [9.17, 15) is 5.11 Å². The smallest absolute Gasteiger partial charge is 0.137 e. The molecule has 0 bridgehead atoms. The van der Waals surface area contributed by atoms with Gasteiger partial charge in [0.05, 0.1) is 17.7 Å². The number of pyridine rings is 1. The first kappa shape index (κ1) is 17.4.